The van der Waals surface area contributed by atoms with E-state index >= 15 is 0 Å². The summed E-state index contributed by atoms with van der Waals surface area (Å²) in [6.07, 6.45) is 2.82. The number of hydrogen-bond acceptors (Lipinski definition) is 5. The molecule has 1 N–H and O–H groups in total. The first-order valence-corrected chi connectivity index (χ1v) is 12.1. The lowest BCUT2D eigenvalue weighted by atomic mass is 9.95. The highest BCUT2D eigenvalue weighted by molar-refractivity contribution is 6.13. The number of nitrogens with one attached hydrogen (secondary N) is 1. The summed E-state index contributed by atoms with van der Waals surface area (Å²) in [6.45, 7) is 9.64. The Morgan fingerprint density at radius 1 is 0.909 bits per heavy atom. The fourth-order valence-electron chi connectivity index (χ4n) is 5.05. The number of ether oxygens (including phenoxy) is 1. The molecule has 2 aliphatic heterocycles. The van der Waals surface area contributed by atoms with Gasteiger partial charge in [0, 0.05) is 30.8 Å². The second kappa shape index (κ2) is 11.1. The zero-order chi connectivity index (χ0) is 23.2. The molecule has 33 heavy (non-hydrogen) atoms. The molecule has 2 heterocycles. The maximum Gasteiger partial charge on any atom is 0.238 e. The third kappa shape index (κ3) is 6.50. The normalized spacial score (nSPS) is 22.7. The molecule has 2 atom stereocenters. The van der Waals surface area contributed by atoms with E-state index in [2.05, 4.69) is 29.0 Å². The molecule has 2 aromatic carbocycles. The van der Waals surface area contributed by atoms with Crippen molar-refractivity contribution in [1.82, 2.24) is 9.80 Å². The number of amides is 1. The number of rotatable bonds is 7. The van der Waals surface area contributed by atoms with Gasteiger partial charge in [-0.25, -0.2) is 0 Å². The van der Waals surface area contributed by atoms with Gasteiger partial charge in [0.15, 0.2) is 5.78 Å². The Bertz CT molecular complexity index is 931. The molecule has 0 aromatic heterocycles. The molecule has 2 aromatic rings. The van der Waals surface area contributed by atoms with Gasteiger partial charge < -0.3 is 10.1 Å². The van der Waals surface area contributed by atoms with Crippen LogP contribution < -0.4 is 5.32 Å². The number of ketones is 1. The summed E-state index contributed by atoms with van der Waals surface area (Å²) >= 11 is 0. The second-order valence-corrected chi connectivity index (χ2v) is 9.48. The van der Waals surface area contributed by atoms with Gasteiger partial charge in [0.25, 0.3) is 0 Å². The van der Waals surface area contributed by atoms with Crippen LogP contribution in [0.4, 0.5) is 5.69 Å². The molecular weight excluding hydrogens is 414 g/mol. The van der Waals surface area contributed by atoms with Crippen LogP contribution in [0.3, 0.4) is 0 Å². The van der Waals surface area contributed by atoms with E-state index in [-0.39, 0.29) is 11.7 Å². The largest absolute Gasteiger partial charge is 0.373 e. The molecule has 176 valence electrons. The fourth-order valence-corrected chi connectivity index (χ4v) is 5.05. The topological polar surface area (TPSA) is 61.9 Å². The molecule has 2 unspecified atom stereocenters. The average molecular weight is 450 g/mol. The number of piperidine rings is 1. The van der Waals surface area contributed by atoms with Gasteiger partial charge in [-0.15, -0.1) is 0 Å². The first-order valence-electron chi connectivity index (χ1n) is 12.1. The summed E-state index contributed by atoms with van der Waals surface area (Å²) < 4.78 is 5.85. The van der Waals surface area contributed by atoms with Crippen LogP contribution in [0, 0.1) is 5.92 Å². The molecule has 0 radical (unpaired) electrons. The minimum Gasteiger partial charge on any atom is -0.373 e. The molecule has 4 rings (SSSR count). The third-order valence-corrected chi connectivity index (χ3v) is 6.57. The molecule has 0 bridgehead atoms. The fraction of sp³-hybridized carbons (Fsp3) is 0.481. The Balaban J connectivity index is 1.27. The smallest absolute Gasteiger partial charge is 0.238 e. The molecular formula is C27H35N3O3. The van der Waals surface area contributed by atoms with E-state index in [1.165, 1.54) is 0 Å². The minimum atomic E-state index is -0.0842. The first-order chi connectivity index (χ1) is 16.0. The standard InChI is InChI=1S/C27H35N3O3/c1-20-16-30(17-21(2)33-20)18-22-12-14-29(15-13-22)19-26(31)28-25-11-7-6-10-24(25)27(32)23-8-4-3-5-9-23/h3-11,20-22H,12-19H2,1-2H3,(H,28,31). The summed E-state index contributed by atoms with van der Waals surface area (Å²) in [6, 6.07) is 16.4. The van der Waals surface area contributed by atoms with Crippen molar-refractivity contribution < 1.29 is 14.3 Å². The van der Waals surface area contributed by atoms with Crippen LogP contribution in [0.5, 0.6) is 0 Å². The molecule has 2 saturated heterocycles. The van der Waals surface area contributed by atoms with E-state index in [0.29, 0.717) is 41.5 Å². The quantitative estimate of drug-likeness (QED) is 0.654. The van der Waals surface area contributed by atoms with E-state index < -0.39 is 0 Å². The number of para-hydroxylation sites is 1. The van der Waals surface area contributed by atoms with Crippen LogP contribution >= 0.6 is 0 Å². The van der Waals surface area contributed by atoms with Crippen LogP contribution in [0.15, 0.2) is 54.6 Å². The number of morpholine rings is 1. The van der Waals surface area contributed by atoms with Crippen LogP contribution in [0.2, 0.25) is 0 Å². The van der Waals surface area contributed by atoms with Crippen LogP contribution in [0.25, 0.3) is 0 Å². The molecule has 0 spiro atoms. The van der Waals surface area contributed by atoms with Gasteiger partial charge in [0.1, 0.15) is 0 Å². The van der Waals surface area contributed by atoms with Gasteiger partial charge in [-0.3, -0.25) is 19.4 Å². The SMILES string of the molecule is CC1CN(CC2CCN(CC(=O)Nc3ccccc3C(=O)c3ccccc3)CC2)CC(C)O1. The number of carbonyl (C=O) groups is 2. The second-order valence-electron chi connectivity index (χ2n) is 9.48. The van der Waals surface area contributed by atoms with Gasteiger partial charge in [-0.1, -0.05) is 42.5 Å². The zero-order valence-electron chi connectivity index (χ0n) is 19.7. The van der Waals surface area contributed by atoms with Gasteiger partial charge >= 0.3 is 0 Å². The number of hydrogen-bond donors (Lipinski definition) is 1. The molecule has 2 fully saturated rings. The summed E-state index contributed by atoms with van der Waals surface area (Å²) in [5, 5.41) is 2.97. The highest BCUT2D eigenvalue weighted by atomic mass is 16.5. The monoisotopic (exact) mass is 449 g/mol. The highest BCUT2D eigenvalue weighted by Gasteiger charge is 2.27. The van der Waals surface area contributed by atoms with Crippen molar-refractivity contribution in [3.8, 4) is 0 Å². The summed E-state index contributed by atoms with van der Waals surface area (Å²) in [5.74, 6) is 0.516. The summed E-state index contributed by atoms with van der Waals surface area (Å²) in [7, 11) is 0. The first kappa shape index (κ1) is 23.6. The van der Waals surface area contributed by atoms with Crippen molar-refractivity contribution in [3.63, 3.8) is 0 Å². The Hall–Kier alpha value is -2.54. The predicted molar refractivity (Wildman–Crippen MR) is 131 cm³/mol. The molecule has 2 aliphatic rings. The van der Waals surface area contributed by atoms with E-state index in [1.54, 1.807) is 24.3 Å². The third-order valence-electron chi connectivity index (χ3n) is 6.57. The van der Waals surface area contributed by atoms with Gasteiger partial charge in [0.2, 0.25) is 5.91 Å². The predicted octanol–water partition coefficient (Wildman–Crippen LogP) is 3.68. The van der Waals surface area contributed by atoms with E-state index in [9.17, 15) is 9.59 Å². The van der Waals surface area contributed by atoms with E-state index in [1.807, 2.05) is 30.3 Å². The maximum absolute atomic E-state index is 12.9. The molecule has 0 saturated carbocycles. The average Bonchev–Trinajstić information content (AvgIpc) is 2.80. The minimum absolute atomic E-state index is 0.0717. The van der Waals surface area contributed by atoms with Crippen LogP contribution in [-0.2, 0) is 9.53 Å². The Labute approximate surface area is 196 Å². The van der Waals surface area contributed by atoms with Crippen molar-refractivity contribution in [2.45, 2.75) is 38.9 Å². The Morgan fingerprint density at radius 2 is 1.55 bits per heavy atom. The number of likely N-dealkylation sites (tertiary alicyclic amines) is 1. The highest BCUT2D eigenvalue weighted by Crippen LogP contribution is 2.22. The Morgan fingerprint density at radius 3 is 2.24 bits per heavy atom. The van der Waals surface area contributed by atoms with Crippen LogP contribution in [0.1, 0.15) is 42.6 Å². The van der Waals surface area contributed by atoms with Gasteiger partial charge in [-0.05, 0) is 57.8 Å². The number of anilines is 1. The van der Waals surface area contributed by atoms with Crippen molar-refractivity contribution in [2.75, 3.05) is 44.6 Å². The van der Waals surface area contributed by atoms with Crippen molar-refractivity contribution in [2.24, 2.45) is 5.92 Å². The lowest BCUT2D eigenvalue weighted by molar-refractivity contribution is -0.117. The van der Waals surface area contributed by atoms with Crippen molar-refractivity contribution >= 4 is 17.4 Å². The van der Waals surface area contributed by atoms with Crippen molar-refractivity contribution in [1.29, 1.82) is 0 Å². The van der Waals surface area contributed by atoms with Crippen molar-refractivity contribution in [3.05, 3.63) is 65.7 Å². The maximum atomic E-state index is 12.9. The molecule has 0 aliphatic carbocycles. The lowest BCUT2D eigenvalue weighted by Crippen LogP contribution is -2.48. The molecule has 1 amide bonds. The van der Waals surface area contributed by atoms with Crippen LogP contribution in [-0.4, -0.2) is 73.0 Å². The zero-order valence-corrected chi connectivity index (χ0v) is 19.7. The summed E-state index contributed by atoms with van der Waals surface area (Å²) in [4.78, 5) is 30.4. The van der Waals surface area contributed by atoms with E-state index in [4.69, 9.17) is 4.74 Å². The van der Waals surface area contributed by atoms with Gasteiger partial charge in [-0.2, -0.15) is 0 Å². The lowest BCUT2D eigenvalue weighted by Gasteiger charge is -2.39. The number of carbonyl (C=O) groups excluding carboxylic acids is 2. The van der Waals surface area contributed by atoms with E-state index in [0.717, 1.165) is 45.6 Å². The van der Waals surface area contributed by atoms with Gasteiger partial charge in [0.05, 0.1) is 24.4 Å². The molecule has 6 heteroatoms. The number of benzene rings is 2. The Kier molecular flexibility index (Phi) is 7.91. The molecule has 6 nitrogen and oxygen atoms in total. The number of nitrogens with zero attached hydrogens (tertiary/aromatic N) is 2. The summed E-state index contributed by atoms with van der Waals surface area (Å²) in [5.41, 5.74) is 1.71.